The lowest BCUT2D eigenvalue weighted by atomic mass is 10.2. The first-order valence-corrected chi connectivity index (χ1v) is 8.23. The predicted molar refractivity (Wildman–Crippen MR) is 88.1 cm³/mol. The highest BCUT2D eigenvalue weighted by atomic mass is 79.9. The van der Waals surface area contributed by atoms with E-state index in [1.165, 1.54) is 11.3 Å². The van der Waals surface area contributed by atoms with Gasteiger partial charge in [-0.3, -0.25) is 4.79 Å². The molecular weight excluding hydrogens is 352 g/mol. The molecule has 112 valence electrons. The fraction of sp³-hybridized carbons (Fsp3) is 0.333. The number of carbonyl (C=O) groups is 1. The Morgan fingerprint density at radius 2 is 2.24 bits per heavy atom. The van der Waals surface area contributed by atoms with Gasteiger partial charge in [-0.05, 0) is 31.5 Å². The Morgan fingerprint density at radius 3 is 2.86 bits per heavy atom. The minimum Gasteiger partial charge on any atom is -0.496 e. The van der Waals surface area contributed by atoms with Crippen LogP contribution in [-0.2, 0) is 13.0 Å². The number of ether oxygens (including phenoxy) is 1. The van der Waals surface area contributed by atoms with Crippen LogP contribution in [0.3, 0.4) is 0 Å². The number of amides is 1. The average molecular weight is 369 g/mol. The van der Waals surface area contributed by atoms with Crippen LogP contribution in [0.2, 0.25) is 0 Å². The molecule has 0 radical (unpaired) electrons. The number of benzene rings is 1. The minimum absolute atomic E-state index is 0.0910. The molecule has 2 rings (SSSR count). The number of carbonyl (C=O) groups excluding carboxylic acids is 1. The molecule has 0 saturated carbocycles. The molecule has 21 heavy (non-hydrogen) atoms. The third-order valence-corrected chi connectivity index (χ3v) is 4.83. The van der Waals surface area contributed by atoms with E-state index in [1.54, 1.807) is 7.11 Å². The summed E-state index contributed by atoms with van der Waals surface area (Å²) >= 11 is 4.88. The second-order valence-electron chi connectivity index (χ2n) is 4.51. The van der Waals surface area contributed by atoms with Gasteiger partial charge < -0.3 is 10.1 Å². The zero-order chi connectivity index (χ0) is 15.4. The van der Waals surface area contributed by atoms with Crippen molar-refractivity contribution in [1.82, 2.24) is 10.3 Å². The van der Waals surface area contributed by atoms with Crippen molar-refractivity contribution in [2.24, 2.45) is 0 Å². The largest absolute Gasteiger partial charge is 0.496 e. The van der Waals surface area contributed by atoms with E-state index in [0.717, 1.165) is 32.9 Å². The third-order valence-electron chi connectivity index (χ3n) is 3.03. The Balaban J connectivity index is 2.10. The van der Waals surface area contributed by atoms with Gasteiger partial charge in [0.25, 0.3) is 5.91 Å². The van der Waals surface area contributed by atoms with Crippen molar-refractivity contribution in [2.75, 3.05) is 7.11 Å². The molecule has 0 unspecified atom stereocenters. The van der Waals surface area contributed by atoms with Crippen LogP contribution in [0.15, 0.2) is 22.7 Å². The quantitative estimate of drug-likeness (QED) is 0.874. The number of hydrogen-bond acceptors (Lipinski definition) is 4. The number of rotatable bonds is 5. The predicted octanol–water partition coefficient (Wildman–Crippen LogP) is 3.72. The summed E-state index contributed by atoms with van der Waals surface area (Å²) in [6, 6.07) is 5.72. The second kappa shape index (κ2) is 7.04. The van der Waals surface area contributed by atoms with E-state index in [0.29, 0.717) is 11.4 Å². The lowest BCUT2D eigenvalue weighted by Crippen LogP contribution is -2.22. The molecule has 6 heteroatoms. The molecule has 0 atom stereocenters. The van der Waals surface area contributed by atoms with Crippen LogP contribution in [-0.4, -0.2) is 18.0 Å². The van der Waals surface area contributed by atoms with Crippen molar-refractivity contribution < 1.29 is 9.53 Å². The summed E-state index contributed by atoms with van der Waals surface area (Å²) in [5, 5.41) is 3.91. The van der Waals surface area contributed by atoms with Crippen LogP contribution in [0.4, 0.5) is 0 Å². The summed E-state index contributed by atoms with van der Waals surface area (Å²) in [6.07, 6.45) is 0.845. The Bertz CT molecular complexity index is 655. The Hall–Kier alpha value is -1.40. The van der Waals surface area contributed by atoms with Gasteiger partial charge >= 0.3 is 0 Å². The minimum atomic E-state index is -0.0910. The Morgan fingerprint density at radius 1 is 1.48 bits per heavy atom. The average Bonchev–Trinajstić information content (AvgIpc) is 2.86. The van der Waals surface area contributed by atoms with E-state index in [2.05, 4.69) is 26.2 Å². The van der Waals surface area contributed by atoms with Crippen LogP contribution in [0.1, 0.15) is 32.9 Å². The summed E-state index contributed by atoms with van der Waals surface area (Å²) in [6.45, 7) is 4.32. The van der Waals surface area contributed by atoms with Crippen LogP contribution in [0, 0.1) is 6.92 Å². The molecule has 1 aromatic carbocycles. The molecule has 1 aromatic heterocycles. The summed E-state index contributed by atoms with van der Waals surface area (Å²) in [4.78, 5) is 17.3. The molecule has 2 aromatic rings. The first-order chi connectivity index (χ1) is 10.0. The molecular formula is C15H17BrN2O2S. The van der Waals surface area contributed by atoms with Crippen LogP contribution in [0.5, 0.6) is 5.75 Å². The zero-order valence-corrected chi connectivity index (χ0v) is 14.6. The summed E-state index contributed by atoms with van der Waals surface area (Å²) in [5.41, 5.74) is 1.72. The number of nitrogens with zero attached hydrogens (tertiary/aromatic N) is 1. The second-order valence-corrected chi connectivity index (χ2v) is 6.51. The number of aromatic nitrogens is 1. The molecule has 1 amide bonds. The molecule has 0 spiro atoms. The molecule has 0 aliphatic carbocycles. The molecule has 0 aliphatic heterocycles. The summed E-state index contributed by atoms with van der Waals surface area (Å²) in [7, 11) is 1.62. The number of nitrogens with one attached hydrogen (secondary N) is 1. The van der Waals surface area contributed by atoms with Crippen molar-refractivity contribution in [2.45, 2.75) is 26.8 Å². The van der Waals surface area contributed by atoms with E-state index in [1.807, 2.05) is 32.0 Å². The van der Waals surface area contributed by atoms with Gasteiger partial charge in [0.2, 0.25) is 0 Å². The van der Waals surface area contributed by atoms with E-state index < -0.39 is 0 Å². The van der Waals surface area contributed by atoms with E-state index >= 15 is 0 Å². The first-order valence-electron chi connectivity index (χ1n) is 6.62. The molecule has 0 aliphatic rings. The van der Waals surface area contributed by atoms with E-state index in [9.17, 15) is 4.79 Å². The van der Waals surface area contributed by atoms with Gasteiger partial charge in [0, 0.05) is 16.6 Å². The van der Waals surface area contributed by atoms with Gasteiger partial charge in [-0.2, -0.15) is 0 Å². The molecule has 0 bridgehead atoms. The Labute approximate surface area is 136 Å². The maximum atomic E-state index is 12.3. The summed E-state index contributed by atoms with van der Waals surface area (Å²) < 4.78 is 6.26. The number of aryl methyl sites for hydroxylation is 2. The van der Waals surface area contributed by atoms with Crippen LogP contribution >= 0.6 is 27.3 Å². The van der Waals surface area contributed by atoms with Gasteiger partial charge in [0.05, 0.1) is 17.8 Å². The number of hydrogen-bond donors (Lipinski definition) is 1. The van der Waals surface area contributed by atoms with Crippen LogP contribution < -0.4 is 10.1 Å². The first kappa shape index (κ1) is 16.0. The maximum absolute atomic E-state index is 12.3. The van der Waals surface area contributed by atoms with Gasteiger partial charge in [-0.15, -0.1) is 11.3 Å². The van der Waals surface area contributed by atoms with Gasteiger partial charge in [-0.25, -0.2) is 4.98 Å². The van der Waals surface area contributed by atoms with Gasteiger partial charge in [0.15, 0.2) is 0 Å². The van der Waals surface area contributed by atoms with E-state index in [4.69, 9.17) is 4.74 Å². The van der Waals surface area contributed by atoms with Crippen molar-refractivity contribution in [3.05, 3.63) is 43.8 Å². The SMILES string of the molecule is CCc1nc(C)c(C(=O)NCc2cc(Br)ccc2OC)s1. The topological polar surface area (TPSA) is 51.2 Å². The normalized spacial score (nSPS) is 10.5. The highest BCUT2D eigenvalue weighted by molar-refractivity contribution is 9.10. The molecule has 1 N–H and O–H groups in total. The number of thiazole rings is 1. The zero-order valence-electron chi connectivity index (χ0n) is 12.2. The summed E-state index contributed by atoms with van der Waals surface area (Å²) in [5.74, 6) is 0.667. The fourth-order valence-corrected chi connectivity index (χ4v) is 3.28. The smallest absolute Gasteiger partial charge is 0.263 e. The molecule has 0 saturated heterocycles. The number of halogens is 1. The van der Waals surface area contributed by atoms with E-state index in [-0.39, 0.29) is 5.91 Å². The van der Waals surface area contributed by atoms with Crippen molar-refractivity contribution in [3.8, 4) is 5.75 Å². The molecule has 1 heterocycles. The standard InChI is InChI=1S/C15H17BrN2O2S/c1-4-13-18-9(2)14(21-13)15(19)17-8-10-7-11(16)5-6-12(10)20-3/h5-7H,4,8H2,1-3H3,(H,17,19). The van der Waals surface area contributed by atoms with Crippen molar-refractivity contribution >= 4 is 33.2 Å². The highest BCUT2D eigenvalue weighted by Gasteiger charge is 2.15. The lowest BCUT2D eigenvalue weighted by Gasteiger charge is -2.10. The molecule has 0 fully saturated rings. The third kappa shape index (κ3) is 3.83. The van der Waals surface area contributed by atoms with Gasteiger partial charge in [0.1, 0.15) is 10.6 Å². The highest BCUT2D eigenvalue weighted by Crippen LogP contribution is 2.23. The fourth-order valence-electron chi connectivity index (χ4n) is 1.96. The lowest BCUT2D eigenvalue weighted by molar-refractivity contribution is 0.0954. The van der Waals surface area contributed by atoms with Crippen molar-refractivity contribution in [3.63, 3.8) is 0 Å². The van der Waals surface area contributed by atoms with Gasteiger partial charge in [-0.1, -0.05) is 22.9 Å². The van der Waals surface area contributed by atoms with Crippen molar-refractivity contribution in [1.29, 1.82) is 0 Å². The number of methoxy groups -OCH3 is 1. The molecule has 4 nitrogen and oxygen atoms in total. The maximum Gasteiger partial charge on any atom is 0.263 e. The monoisotopic (exact) mass is 368 g/mol. The van der Waals surface area contributed by atoms with Crippen LogP contribution in [0.25, 0.3) is 0 Å². The Kier molecular flexibility index (Phi) is 5.36.